The Morgan fingerprint density at radius 1 is 1.03 bits per heavy atom. The highest BCUT2D eigenvalue weighted by molar-refractivity contribution is 7.07. The van der Waals surface area contributed by atoms with Crippen molar-refractivity contribution in [3.05, 3.63) is 90.1 Å². The molecule has 1 atom stereocenters. The van der Waals surface area contributed by atoms with Crippen LogP contribution < -0.4 is 24.4 Å². The minimum atomic E-state index is -0.826. The molecule has 1 unspecified atom stereocenters. The molecule has 0 spiro atoms. The van der Waals surface area contributed by atoms with Crippen LogP contribution in [0.1, 0.15) is 48.3 Å². The first-order valence-electron chi connectivity index (χ1n) is 11.9. The van der Waals surface area contributed by atoms with E-state index in [1.54, 1.807) is 62.4 Å². The molecule has 0 amide bonds. The highest BCUT2D eigenvalue weighted by Crippen LogP contribution is 2.31. The van der Waals surface area contributed by atoms with E-state index in [0.29, 0.717) is 44.1 Å². The highest BCUT2D eigenvalue weighted by atomic mass is 32.1. The van der Waals surface area contributed by atoms with Gasteiger partial charge in [-0.15, -0.1) is 0 Å². The van der Waals surface area contributed by atoms with Crippen LogP contribution in [-0.4, -0.2) is 43.3 Å². The lowest BCUT2D eigenvalue weighted by molar-refractivity contribution is -0.136. The molecule has 1 aliphatic rings. The number of rotatable bonds is 7. The number of thiazole rings is 1. The largest absolute Gasteiger partial charge is 0.490 e. The molecule has 0 radical (unpaired) electrons. The first-order chi connectivity index (χ1) is 18.7. The van der Waals surface area contributed by atoms with E-state index in [2.05, 4.69) is 4.99 Å². The van der Waals surface area contributed by atoms with Crippen molar-refractivity contribution >= 4 is 35.3 Å². The molecule has 0 aliphatic carbocycles. The maximum Gasteiger partial charge on any atom is 0.338 e. The van der Waals surface area contributed by atoms with Crippen LogP contribution in [-0.2, 0) is 19.1 Å². The number of allylic oxidation sites excluding steroid dienone is 1. The summed E-state index contributed by atoms with van der Waals surface area (Å²) in [6, 6.07) is 10.6. The summed E-state index contributed by atoms with van der Waals surface area (Å²) >= 11 is 1.17. The Bertz CT molecular complexity index is 1660. The molecule has 0 fully saturated rings. The number of ether oxygens (including phenoxy) is 4. The Labute approximate surface area is 227 Å². The Morgan fingerprint density at radius 3 is 2.33 bits per heavy atom. The minimum absolute atomic E-state index is 0.214. The number of fused-ring (bicyclic) bond motifs is 1. The lowest BCUT2D eigenvalue weighted by atomic mass is 9.95. The second-order valence-corrected chi connectivity index (χ2v) is 9.43. The summed E-state index contributed by atoms with van der Waals surface area (Å²) in [7, 11) is 2.55. The maximum atomic E-state index is 13.7. The van der Waals surface area contributed by atoms with Gasteiger partial charge in [0, 0.05) is 6.92 Å². The molecule has 0 N–H and O–H groups in total. The zero-order valence-corrected chi connectivity index (χ0v) is 22.8. The fraction of sp³-hybridized carbons (Fsp3) is 0.250. The van der Waals surface area contributed by atoms with Crippen LogP contribution >= 0.6 is 11.3 Å². The van der Waals surface area contributed by atoms with Gasteiger partial charge in [0.05, 0.1) is 48.2 Å². The second kappa shape index (κ2) is 11.5. The van der Waals surface area contributed by atoms with Gasteiger partial charge in [-0.1, -0.05) is 29.5 Å². The molecular formula is C28H26N2O8S. The van der Waals surface area contributed by atoms with Crippen LogP contribution in [0.25, 0.3) is 6.08 Å². The van der Waals surface area contributed by atoms with Gasteiger partial charge in [-0.05, 0) is 55.3 Å². The maximum absolute atomic E-state index is 13.7. The summed E-state index contributed by atoms with van der Waals surface area (Å²) in [5.41, 5.74) is 1.83. The highest BCUT2D eigenvalue weighted by Gasteiger charge is 2.33. The summed E-state index contributed by atoms with van der Waals surface area (Å²) in [5, 5.41) is 0. The fourth-order valence-corrected chi connectivity index (χ4v) is 5.25. The Morgan fingerprint density at radius 2 is 1.72 bits per heavy atom. The number of carbonyl (C=O) groups excluding carboxylic acids is 3. The first-order valence-corrected chi connectivity index (χ1v) is 12.7. The van der Waals surface area contributed by atoms with Crippen LogP contribution in [0.15, 0.2) is 63.5 Å². The third-order valence-corrected chi connectivity index (χ3v) is 6.88. The van der Waals surface area contributed by atoms with Crippen LogP contribution in [0.3, 0.4) is 0 Å². The number of aromatic nitrogens is 1. The number of methoxy groups -OCH3 is 2. The van der Waals surface area contributed by atoms with E-state index in [-0.39, 0.29) is 16.9 Å². The van der Waals surface area contributed by atoms with Crippen molar-refractivity contribution in [3.63, 3.8) is 0 Å². The SMILES string of the molecule is CCOc1cc(C=c2sc3n(c2=O)C(c2ccc(C(=O)OC)cc2)C(C(=O)OC)=C(C)N=3)ccc1OC(C)=O. The van der Waals surface area contributed by atoms with Crippen molar-refractivity contribution in [2.24, 2.45) is 4.99 Å². The van der Waals surface area contributed by atoms with Gasteiger partial charge in [-0.25, -0.2) is 14.6 Å². The average Bonchev–Trinajstić information content (AvgIpc) is 3.22. The van der Waals surface area contributed by atoms with Crippen molar-refractivity contribution < 1.29 is 33.3 Å². The molecule has 10 nitrogen and oxygen atoms in total. The summed E-state index contributed by atoms with van der Waals surface area (Å²) in [6.07, 6.45) is 1.68. The molecule has 2 heterocycles. The average molecular weight is 551 g/mol. The van der Waals surface area contributed by atoms with Crippen LogP contribution in [0.4, 0.5) is 0 Å². The molecule has 0 bridgehead atoms. The van der Waals surface area contributed by atoms with Crippen molar-refractivity contribution in [1.82, 2.24) is 4.57 Å². The van der Waals surface area contributed by atoms with E-state index in [4.69, 9.17) is 18.9 Å². The summed E-state index contributed by atoms with van der Waals surface area (Å²) in [6.45, 7) is 5.14. The van der Waals surface area contributed by atoms with Crippen molar-refractivity contribution in [2.45, 2.75) is 26.8 Å². The molecule has 39 heavy (non-hydrogen) atoms. The van der Waals surface area contributed by atoms with Crippen molar-refractivity contribution in [2.75, 3.05) is 20.8 Å². The molecule has 11 heteroatoms. The number of nitrogens with zero attached hydrogens (tertiary/aromatic N) is 2. The number of hydrogen-bond acceptors (Lipinski definition) is 10. The van der Waals surface area contributed by atoms with E-state index >= 15 is 0 Å². The number of hydrogen-bond donors (Lipinski definition) is 0. The molecule has 1 aromatic heterocycles. The Balaban J connectivity index is 1.87. The van der Waals surface area contributed by atoms with E-state index in [0.717, 1.165) is 0 Å². The third kappa shape index (κ3) is 5.53. The summed E-state index contributed by atoms with van der Waals surface area (Å²) in [4.78, 5) is 54.9. The molecule has 202 valence electrons. The van der Waals surface area contributed by atoms with Gasteiger partial charge in [0.2, 0.25) is 0 Å². The van der Waals surface area contributed by atoms with Crippen LogP contribution in [0.2, 0.25) is 0 Å². The number of benzene rings is 2. The first kappa shape index (κ1) is 27.5. The lowest BCUT2D eigenvalue weighted by Crippen LogP contribution is -2.39. The Hall–Kier alpha value is -4.51. The topological polar surface area (TPSA) is 122 Å². The Kier molecular flexibility index (Phi) is 8.10. The summed E-state index contributed by atoms with van der Waals surface area (Å²) in [5.74, 6) is -0.960. The third-order valence-electron chi connectivity index (χ3n) is 5.89. The molecule has 0 saturated heterocycles. The van der Waals surface area contributed by atoms with E-state index in [1.165, 1.54) is 37.0 Å². The molecule has 0 saturated carbocycles. The van der Waals surface area contributed by atoms with Gasteiger partial charge in [0.25, 0.3) is 5.56 Å². The van der Waals surface area contributed by atoms with Gasteiger partial charge >= 0.3 is 17.9 Å². The predicted molar refractivity (Wildman–Crippen MR) is 142 cm³/mol. The van der Waals surface area contributed by atoms with Gasteiger partial charge in [0.1, 0.15) is 0 Å². The van der Waals surface area contributed by atoms with Gasteiger partial charge in [-0.3, -0.25) is 14.2 Å². The number of esters is 3. The predicted octanol–water partition coefficient (Wildman–Crippen LogP) is 2.52. The number of carbonyl (C=O) groups is 3. The standard InChI is InChI=1S/C28H26N2O8S/c1-6-37-21-13-17(7-12-20(21)38-16(3)31)14-22-25(32)30-24(18-8-10-19(11-9-18)26(33)35-4)23(27(34)36-5)15(2)29-28(30)39-22/h7-14,24H,6H2,1-5H3. The molecular weight excluding hydrogens is 524 g/mol. The minimum Gasteiger partial charge on any atom is -0.490 e. The molecule has 2 aromatic carbocycles. The quantitative estimate of drug-likeness (QED) is 0.325. The van der Waals surface area contributed by atoms with Crippen molar-refractivity contribution in [1.29, 1.82) is 0 Å². The monoisotopic (exact) mass is 550 g/mol. The second-order valence-electron chi connectivity index (χ2n) is 8.42. The van der Waals surface area contributed by atoms with Gasteiger partial charge in [-0.2, -0.15) is 0 Å². The normalized spacial score (nSPS) is 14.8. The van der Waals surface area contributed by atoms with E-state index in [1.807, 2.05) is 0 Å². The zero-order chi connectivity index (χ0) is 28.3. The van der Waals surface area contributed by atoms with Gasteiger partial charge < -0.3 is 18.9 Å². The van der Waals surface area contributed by atoms with E-state index in [9.17, 15) is 19.2 Å². The van der Waals surface area contributed by atoms with E-state index < -0.39 is 23.9 Å². The molecule has 1 aliphatic heterocycles. The lowest BCUT2D eigenvalue weighted by Gasteiger charge is -2.24. The van der Waals surface area contributed by atoms with Crippen LogP contribution in [0, 0.1) is 0 Å². The smallest absolute Gasteiger partial charge is 0.338 e. The van der Waals surface area contributed by atoms with Crippen molar-refractivity contribution in [3.8, 4) is 11.5 Å². The summed E-state index contributed by atoms with van der Waals surface area (Å²) < 4.78 is 22.4. The zero-order valence-electron chi connectivity index (χ0n) is 22.0. The molecule has 3 aromatic rings. The van der Waals surface area contributed by atoms with Crippen LogP contribution in [0.5, 0.6) is 11.5 Å². The molecule has 4 rings (SSSR count). The van der Waals surface area contributed by atoms with Gasteiger partial charge in [0.15, 0.2) is 16.3 Å². The fourth-order valence-electron chi connectivity index (χ4n) is 4.20.